The van der Waals surface area contributed by atoms with E-state index in [-0.39, 0.29) is 13.2 Å². The molecule has 4 heteroatoms. The van der Waals surface area contributed by atoms with Crippen molar-refractivity contribution in [3.8, 4) is 17.9 Å². The zero-order valence-electron chi connectivity index (χ0n) is 12.8. The van der Waals surface area contributed by atoms with E-state index in [1.807, 2.05) is 49.4 Å². The lowest BCUT2D eigenvalue weighted by Crippen LogP contribution is -2.24. The Kier molecular flexibility index (Phi) is 5.80. The molecule has 1 amide bonds. The van der Waals surface area contributed by atoms with Crippen molar-refractivity contribution in [2.75, 3.05) is 6.54 Å². The summed E-state index contributed by atoms with van der Waals surface area (Å²) in [5.74, 6) is 5.73. The van der Waals surface area contributed by atoms with Crippen molar-refractivity contribution in [2.45, 2.75) is 13.5 Å². The van der Waals surface area contributed by atoms with Crippen molar-refractivity contribution in [1.82, 2.24) is 5.32 Å². The van der Waals surface area contributed by atoms with Crippen LogP contribution in [-0.4, -0.2) is 12.6 Å². The summed E-state index contributed by atoms with van der Waals surface area (Å²) in [5, 5.41) is 11.5. The summed E-state index contributed by atoms with van der Waals surface area (Å²) < 4.78 is 5.07. The van der Waals surface area contributed by atoms with Gasteiger partial charge in [0.25, 0.3) is 0 Å². The predicted octanol–water partition coefficient (Wildman–Crippen LogP) is 3.14. The van der Waals surface area contributed by atoms with E-state index < -0.39 is 6.09 Å². The minimum absolute atomic E-state index is 0.184. The monoisotopic (exact) mass is 304 g/mol. The van der Waals surface area contributed by atoms with Gasteiger partial charge in [0.1, 0.15) is 6.61 Å². The lowest BCUT2D eigenvalue weighted by Gasteiger charge is -2.04. The van der Waals surface area contributed by atoms with Crippen molar-refractivity contribution < 1.29 is 9.53 Å². The fourth-order valence-corrected chi connectivity index (χ4v) is 1.86. The average molecular weight is 304 g/mol. The van der Waals surface area contributed by atoms with Crippen LogP contribution in [0.5, 0.6) is 0 Å². The molecule has 0 unspecified atom stereocenters. The largest absolute Gasteiger partial charge is 0.445 e. The van der Waals surface area contributed by atoms with Crippen molar-refractivity contribution in [3.05, 3.63) is 70.8 Å². The molecule has 2 rings (SSSR count). The summed E-state index contributed by atoms with van der Waals surface area (Å²) in [4.78, 5) is 11.5. The van der Waals surface area contributed by atoms with Gasteiger partial charge in [0.05, 0.1) is 18.2 Å². The Bertz CT molecular complexity index is 780. The highest BCUT2D eigenvalue weighted by Gasteiger charge is 2.00. The Morgan fingerprint density at radius 1 is 1.22 bits per heavy atom. The molecule has 0 bridgehead atoms. The molecule has 4 nitrogen and oxygen atoms in total. The van der Waals surface area contributed by atoms with E-state index >= 15 is 0 Å². The molecule has 0 aliphatic carbocycles. The lowest BCUT2D eigenvalue weighted by atomic mass is 10.1. The molecule has 2 aromatic rings. The highest BCUT2D eigenvalue weighted by molar-refractivity contribution is 5.67. The first-order valence-electron chi connectivity index (χ1n) is 7.13. The van der Waals surface area contributed by atoms with Crippen LogP contribution in [0, 0.1) is 30.1 Å². The second-order valence-electron chi connectivity index (χ2n) is 4.86. The zero-order chi connectivity index (χ0) is 16.5. The molecule has 0 spiro atoms. The quantitative estimate of drug-likeness (QED) is 0.886. The number of nitrogens with zero attached hydrogens (tertiary/aromatic N) is 1. The van der Waals surface area contributed by atoms with Crippen molar-refractivity contribution >= 4 is 6.09 Å². The van der Waals surface area contributed by atoms with Crippen molar-refractivity contribution in [3.63, 3.8) is 0 Å². The van der Waals surface area contributed by atoms with Gasteiger partial charge in [-0.25, -0.2) is 4.79 Å². The van der Waals surface area contributed by atoms with Crippen LogP contribution in [0.15, 0.2) is 48.5 Å². The molecular formula is C19H16N2O2. The molecule has 0 aliphatic heterocycles. The van der Waals surface area contributed by atoms with Crippen LogP contribution in [0.2, 0.25) is 0 Å². The predicted molar refractivity (Wildman–Crippen MR) is 87.4 cm³/mol. The summed E-state index contributed by atoms with van der Waals surface area (Å²) in [7, 11) is 0. The molecule has 23 heavy (non-hydrogen) atoms. The van der Waals surface area contributed by atoms with Gasteiger partial charge in [-0.05, 0) is 30.2 Å². The number of hydrogen-bond donors (Lipinski definition) is 1. The van der Waals surface area contributed by atoms with Crippen LogP contribution in [0.4, 0.5) is 4.79 Å². The van der Waals surface area contributed by atoms with Gasteiger partial charge in [-0.15, -0.1) is 0 Å². The molecule has 114 valence electrons. The highest BCUT2D eigenvalue weighted by Crippen LogP contribution is 2.08. The van der Waals surface area contributed by atoms with Gasteiger partial charge in [0, 0.05) is 5.56 Å². The fourth-order valence-electron chi connectivity index (χ4n) is 1.86. The first kappa shape index (κ1) is 16.1. The van der Waals surface area contributed by atoms with Gasteiger partial charge in [0.15, 0.2) is 0 Å². The number of ether oxygens (including phenoxy) is 1. The second-order valence-corrected chi connectivity index (χ2v) is 4.86. The van der Waals surface area contributed by atoms with E-state index in [9.17, 15) is 4.79 Å². The normalized spacial score (nSPS) is 9.22. The Morgan fingerprint density at radius 2 is 2.00 bits per heavy atom. The Balaban J connectivity index is 1.79. The number of carbonyl (C=O) groups excluding carboxylic acids is 1. The number of benzene rings is 2. The minimum atomic E-state index is -0.509. The minimum Gasteiger partial charge on any atom is -0.445 e. The number of hydrogen-bond acceptors (Lipinski definition) is 3. The summed E-state index contributed by atoms with van der Waals surface area (Å²) in [6.45, 7) is 2.28. The van der Waals surface area contributed by atoms with E-state index in [4.69, 9.17) is 10.00 Å². The van der Waals surface area contributed by atoms with Crippen LogP contribution in [0.25, 0.3) is 0 Å². The number of rotatable bonds is 3. The van der Waals surface area contributed by atoms with Crippen molar-refractivity contribution in [1.29, 1.82) is 5.26 Å². The van der Waals surface area contributed by atoms with Gasteiger partial charge in [-0.1, -0.05) is 48.2 Å². The molecule has 0 radical (unpaired) electrons. The Labute approximate surface area is 135 Å². The van der Waals surface area contributed by atoms with Crippen molar-refractivity contribution in [2.24, 2.45) is 0 Å². The summed E-state index contributed by atoms with van der Waals surface area (Å²) >= 11 is 0. The third-order valence-electron chi connectivity index (χ3n) is 3.12. The third kappa shape index (κ3) is 5.22. The number of carbonyl (C=O) groups is 1. The molecule has 0 saturated heterocycles. The average Bonchev–Trinajstić information content (AvgIpc) is 2.59. The Hall–Kier alpha value is -3.24. The fraction of sp³-hybridized carbons (Fsp3) is 0.158. The van der Waals surface area contributed by atoms with E-state index in [0.29, 0.717) is 5.56 Å². The summed E-state index contributed by atoms with van der Waals surface area (Å²) in [5.41, 5.74) is 3.19. The van der Waals surface area contributed by atoms with Crippen LogP contribution in [-0.2, 0) is 11.3 Å². The zero-order valence-corrected chi connectivity index (χ0v) is 12.8. The van der Waals surface area contributed by atoms with Crippen LogP contribution in [0.1, 0.15) is 22.3 Å². The van der Waals surface area contributed by atoms with Gasteiger partial charge in [0.2, 0.25) is 0 Å². The van der Waals surface area contributed by atoms with Gasteiger partial charge >= 0.3 is 6.09 Å². The highest BCUT2D eigenvalue weighted by atomic mass is 16.5. The first-order chi connectivity index (χ1) is 11.2. The summed E-state index contributed by atoms with van der Waals surface area (Å²) in [6.07, 6.45) is -0.509. The summed E-state index contributed by atoms with van der Waals surface area (Å²) in [6, 6.07) is 17.0. The number of nitrogens with one attached hydrogen (secondary N) is 1. The van der Waals surface area contributed by atoms with E-state index in [0.717, 1.165) is 16.7 Å². The van der Waals surface area contributed by atoms with Crippen LogP contribution in [0.3, 0.4) is 0 Å². The molecule has 0 atom stereocenters. The molecule has 0 fully saturated rings. The Morgan fingerprint density at radius 3 is 2.74 bits per heavy atom. The molecule has 0 aromatic heterocycles. The number of nitriles is 1. The molecule has 0 aliphatic rings. The number of amides is 1. The maximum atomic E-state index is 11.5. The maximum Gasteiger partial charge on any atom is 0.408 e. The second kappa shape index (κ2) is 8.26. The van der Waals surface area contributed by atoms with Gasteiger partial charge in [-0.3, -0.25) is 0 Å². The molecule has 1 N–H and O–H groups in total. The molecular weight excluding hydrogens is 288 g/mol. The molecule has 0 heterocycles. The van der Waals surface area contributed by atoms with Gasteiger partial charge < -0.3 is 10.1 Å². The van der Waals surface area contributed by atoms with E-state index in [2.05, 4.69) is 23.2 Å². The van der Waals surface area contributed by atoms with Crippen LogP contribution >= 0.6 is 0 Å². The van der Waals surface area contributed by atoms with E-state index in [1.165, 1.54) is 0 Å². The smallest absolute Gasteiger partial charge is 0.408 e. The number of alkyl carbamates (subject to hydrolysis) is 1. The standard InChI is InChI=1S/C19H16N2O2/c1-15-9-10-16(12-18(15)13-20)8-5-11-21-19(22)23-14-17-6-3-2-4-7-17/h2-4,6-7,9-10,12H,11,14H2,1H3,(H,21,22). The maximum absolute atomic E-state index is 11.5. The third-order valence-corrected chi connectivity index (χ3v) is 3.12. The number of aryl methyl sites for hydroxylation is 1. The van der Waals surface area contributed by atoms with E-state index in [1.54, 1.807) is 6.07 Å². The van der Waals surface area contributed by atoms with Gasteiger partial charge in [-0.2, -0.15) is 5.26 Å². The first-order valence-corrected chi connectivity index (χ1v) is 7.13. The van der Waals surface area contributed by atoms with Crippen LogP contribution < -0.4 is 5.32 Å². The SMILES string of the molecule is Cc1ccc(C#CCNC(=O)OCc2ccccc2)cc1C#N. The lowest BCUT2D eigenvalue weighted by molar-refractivity contribution is 0.141. The molecule has 2 aromatic carbocycles. The topological polar surface area (TPSA) is 62.1 Å². The molecule has 0 saturated carbocycles.